The Balaban J connectivity index is 1.75. The third-order valence-corrected chi connectivity index (χ3v) is 6.00. The molecule has 0 aliphatic carbocycles. The number of aliphatic hydroxyl groups excluding tert-OH is 1. The van der Waals surface area contributed by atoms with Gasteiger partial charge < -0.3 is 20.6 Å². The Morgan fingerprint density at radius 3 is 1.84 bits per heavy atom. The molecule has 0 radical (unpaired) electrons. The van der Waals surface area contributed by atoms with Gasteiger partial charge in [-0.1, -0.05) is 74.7 Å². The smallest absolute Gasteiger partial charge is 0.394 e. The van der Waals surface area contributed by atoms with Crippen molar-refractivity contribution in [2.75, 3.05) is 13.2 Å². The van der Waals surface area contributed by atoms with Crippen LogP contribution < -0.4 is 5.73 Å². The number of phosphoric ester groups is 1. The van der Waals surface area contributed by atoms with E-state index in [0.717, 1.165) is 32.1 Å². The lowest BCUT2D eigenvalue weighted by atomic mass is 9.94. The molecule has 31 heavy (non-hydrogen) atoms. The number of hydrogen-bond donors (Lipinski definition) is 4. The molecule has 0 fully saturated rings. The van der Waals surface area contributed by atoms with Crippen LogP contribution in [0.2, 0.25) is 0 Å². The molecule has 2 rings (SSSR count). The minimum Gasteiger partial charge on any atom is -0.394 e. The van der Waals surface area contributed by atoms with Gasteiger partial charge in [0.1, 0.15) is 0 Å². The van der Waals surface area contributed by atoms with Crippen molar-refractivity contribution in [3.8, 4) is 11.1 Å². The van der Waals surface area contributed by atoms with E-state index in [2.05, 4.69) is 60.0 Å². The largest absolute Gasteiger partial charge is 0.469 e. The van der Waals surface area contributed by atoms with Crippen LogP contribution in [0.15, 0.2) is 48.5 Å². The van der Waals surface area contributed by atoms with Crippen molar-refractivity contribution in [2.24, 2.45) is 5.73 Å². The molecule has 6 nitrogen and oxygen atoms in total. The van der Waals surface area contributed by atoms with Crippen LogP contribution in [-0.4, -0.2) is 33.6 Å². The van der Waals surface area contributed by atoms with Crippen LogP contribution in [0.25, 0.3) is 11.1 Å². The number of aryl methyl sites for hydroxylation is 2. The van der Waals surface area contributed by atoms with Gasteiger partial charge in [-0.2, -0.15) is 0 Å². The maximum absolute atomic E-state index is 10.8. The van der Waals surface area contributed by atoms with E-state index in [4.69, 9.17) is 15.5 Å². The fourth-order valence-electron chi connectivity index (χ4n) is 3.50. The van der Waals surface area contributed by atoms with Crippen LogP contribution in [0.3, 0.4) is 0 Å². The number of phosphoric acid groups is 1. The Bertz CT molecular complexity index is 819. The van der Waals surface area contributed by atoms with Gasteiger partial charge in [-0.25, -0.2) is 4.57 Å². The summed E-state index contributed by atoms with van der Waals surface area (Å²) in [5.41, 5.74) is 9.96. The topological polar surface area (TPSA) is 113 Å². The number of unbranched alkanes of at least 4 members (excludes halogenated alkanes) is 3. The first-order valence-electron chi connectivity index (χ1n) is 11.0. The van der Waals surface area contributed by atoms with Gasteiger partial charge in [0.25, 0.3) is 0 Å². The third kappa shape index (κ3) is 9.65. The fourth-order valence-corrected chi connectivity index (χ4v) is 3.93. The highest BCUT2D eigenvalue weighted by Crippen LogP contribution is 2.37. The van der Waals surface area contributed by atoms with Crippen molar-refractivity contribution >= 4 is 7.82 Å². The highest BCUT2D eigenvalue weighted by atomic mass is 31.2. The molecular formula is C24H36NO5P. The van der Waals surface area contributed by atoms with Crippen molar-refractivity contribution in [2.45, 2.75) is 63.8 Å². The van der Waals surface area contributed by atoms with Gasteiger partial charge in [-0.05, 0) is 54.4 Å². The zero-order valence-electron chi connectivity index (χ0n) is 18.4. The van der Waals surface area contributed by atoms with Gasteiger partial charge in [0, 0.05) is 0 Å². The molecule has 7 heteroatoms. The summed E-state index contributed by atoms with van der Waals surface area (Å²) in [5, 5.41) is 9.43. The molecule has 0 aliphatic heterocycles. The maximum Gasteiger partial charge on any atom is 0.469 e. The van der Waals surface area contributed by atoms with E-state index in [1.54, 1.807) is 0 Å². The maximum atomic E-state index is 10.8. The number of aliphatic hydroxyl groups is 1. The van der Waals surface area contributed by atoms with Crippen LogP contribution in [0.1, 0.15) is 56.6 Å². The van der Waals surface area contributed by atoms with Gasteiger partial charge in [0.05, 0.1) is 18.8 Å². The Kier molecular flexibility index (Phi) is 10.4. The van der Waals surface area contributed by atoms with E-state index in [-0.39, 0.29) is 13.2 Å². The number of nitrogens with two attached hydrogens (primary N) is 1. The minimum atomic E-state index is -4.59. The molecule has 0 heterocycles. The van der Waals surface area contributed by atoms with E-state index in [9.17, 15) is 9.67 Å². The van der Waals surface area contributed by atoms with Crippen LogP contribution in [0.4, 0.5) is 0 Å². The molecule has 0 aromatic heterocycles. The Hall–Kier alpha value is -1.53. The molecule has 1 atom stereocenters. The Labute approximate surface area is 185 Å². The third-order valence-electron chi connectivity index (χ3n) is 5.54. The predicted molar refractivity (Wildman–Crippen MR) is 125 cm³/mol. The van der Waals surface area contributed by atoms with Crippen molar-refractivity contribution in [1.82, 2.24) is 0 Å². The lowest BCUT2D eigenvalue weighted by Crippen LogP contribution is -2.47. The summed E-state index contributed by atoms with van der Waals surface area (Å²) in [7, 11) is -4.59. The second-order valence-electron chi connectivity index (χ2n) is 8.34. The molecule has 0 aliphatic rings. The molecule has 0 saturated carbocycles. The molecule has 0 spiro atoms. The monoisotopic (exact) mass is 449 g/mol. The zero-order valence-corrected chi connectivity index (χ0v) is 19.3. The lowest BCUT2D eigenvalue weighted by molar-refractivity contribution is 0.0999. The quantitative estimate of drug-likeness (QED) is 0.248. The van der Waals surface area contributed by atoms with Crippen LogP contribution >= 0.6 is 7.82 Å². The number of rotatable bonds is 14. The average Bonchev–Trinajstić information content (AvgIpc) is 2.76. The van der Waals surface area contributed by atoms with Crippen molar-refractivity contribution < 1.29 is 24.0 Å². The van der Waals surface area contributed by atoms with Crippen LogP contribution in [0.5, 0.6) is 0 Å². The molecule has 172 valence electrons. The summed E-state index contributed by atoms with van der Waals surface area (Å²) >= 11 is 0. The highest BCUT2D eigenvalue weighted by molar-refractivity contribution is 7.46. The van der Waals surface area contributed by atoms with E-state index in [1.807, 2.05) is 0 Å². The Morgan fingerprint density at radius 2 is 1.39 bits per heavy atom. The molecule has 1 unspecified atom stereocenters. The van der Waals surface area contributed by atoms with Gasteiger partial charge in [-0.3, -0.25) is 4.52 Å². The van der Waals surface area contributed by atoms with Gasteiger partial charge in [0.15, 0.2) is 0 Å². The predicted octanol–water partition coefficient (Wildman–Crippen LogP) is 4.60. The SMILES string of the molecule is CCCCc1ccc(-c2ccc(CCCCCC(N)(CO)COP(=O)(O)O)cc2)cc1. The second-order valence-corrected chi connectivity index (χ2v) is 9.58. The number of hydrogen-bond acceptors (Lipinski definition) is 4. The van der Waals surface area contributed by atoms with Gasteiger partial charge in [-0.15, -0.1) is 0 Å². The minimum absolute atomic E-state index is 0.366. The lowest BCUT2D eigenvalue weighted by Gasteiger charge is -2.26. The fraction of sp³-hybridized carbons (Fsp3) is 0.500. The molecular weight excluding hydrogens is 413 g/mol. The normalized spacial score (nSPS) is 13.8. The second kappa shape index (κ2) is 12.5. The summed E-state index contributed by atoms with van der Waals surface area (Å²) in [6.45, 7) is 1.46. The van der Waals surface area contributed by atoms with E-state index in [0.29, 0.717) is 6.42 Å². The first kappa shape index (κ1) is 25.7. The molecule has 0 bridgehead atoms. The molecule has 5 N–H and O–H groups in total. The summed E-state index contributed by atoms with van der Waals surface area (Å²) in [5.74, 6) is 0. The molecule has 2 aromatic carbocycles. The first-order valence-corrected chi connectivity index (χ1v) is 12.6. The summed E-state index contributed by atoms with van der Waals surface area (Å²) in [6, 6.07) is 17.5. The van der Waals surface area contributed by atoms with Crippen molar-refractivity contribution in [1.29, 1.82) is 0 Å². The van der Waals surface area contributed by atoms with Gasteiger partial charge in [0.2, 0.25) is 0 Å². The number of benzene rings is 2. The van der Waals surface area contributed by atoms with Crippen molar-refractivity contribution in [3.63, 3.8) is 0 Å². The summed E-state index contributed by atoms with van der Waals surface area (Å²) in [4.78, 5) is 17.6. The molecule has 2 aromatic rings. The molecule has 0 amide bonds. The average molecular weight is 450 g/mol. The summed E-state index contributed by atoms with van der Waals surface area (Å²) in [6.07, 6.45) is 7.61. The first-order chi connectivity index (χ1) is 14.7. The summed E-state index contributed by atoms with van der Waals surface area (Å²) < 4.78 is 15.3. The van der Waals surface area contributed by atoms with Crippen LogP contribution in [0, 0.1) is 0 Å². The Morgan fingerprint density at radius 1 is 0.871 bits per heavy atom. The molecule has 0 saturated heterocycles. The van der Waals surface area contributed by atoms with E-state index >= 15 is 0 Å². The van der Waals surface area contributed by atoms with Crippen molar-refractivity contribution in [3.05, 3.63) is 59.7 Å². The van der Waals surface area contributed by atoms with Gasteiger partial charge >= 0.3 is 7.82 Å². The van der Waals surface area contributed by atoms with E-state index in [1.165, 1.54) is 35.1 Å². The standard InChI is InChI=1S/C24H36NO5P/c1-2-3-7-20-9-13-22(14-10-20)23-15-11-21(12-16-23)8-5-4-6-17-24(25,18-26)19-30-31(27,28)29/h9-16,26H,2-8,17-19,25H2,1H3,(H2,27,28,29). The van der Waals surface area contributed by atoms with Crippen LogP contribution in [-0.2, 0) is 21.9 Å². The van der Waals surface area contributed by atoms with E-state index < -0.39 is 13.4 Å². The zero-order chi connectivity index (χ0) is 22.7. The highest BCUT2D eigenvalue weighted by Gasteiger charge is 2.28.